The van der Waals surface area contributed by atoms with Gasteiger partial charge in [0.15, 0.2) is 5.82 Å². The highest BCUT2D eigenvalue weighted by Gasteiger charge is 2.26. The smallest absolute Gasteiger partial charge is 0.234 e. The van der Waals surface area contributed by atoms with Crippen molar-refractivity contribution in [3.8, 4) is 10.6 Å². The standard InChI is InChI=1S/C13H12ClN5S/c14-10-5-4-8(15)6-9(10)12-18-19-11(7-2-1-3-7)16-17-13(19)20-12/h4-7H,1-3,15H2. The molecule has 1 aromatic carbocycles. The monoisotopic (exact) mass is 305 g/mol. The van der Waals surface area contributed by atoms with Gasteiger partial charge in [-0.15, -0.1) is 10.2 Å². The summed E-state index contributed by atoms with van der Waals surface area (Å²) in [6.45, 7) is 0. The molecule has 1 aliphatic carbocycles. The van der Waals surface area contributed by atoms with E-state index in [1.54, 1.807) is 12.1 Å². The van der Waals surface area contributed by atoms with E-state index in [0.717, 1.165) is 21.4 Å². The van der Waals surface area contributed by atoms with Crippen molar-refractivity contribution in [1.82, 2.24) is 19.8 Å². The van der Waals surface area contributed by atoms with Gasteiger partial charge in [0, 0.05) is 17.2 Å². The van der Waals surface area contributed by atoms with Gasteiger partial charge in [-0.25, -0.2) is 0 Å². The minimum atomic E-state index is 0.497. The zero-order valence-corrected chi connectivity index (χ0v) is 12.2. The first-order chi connectivity index (χ1) is 9.72. The minimum absolute atomic E-state index is 0.497. The largest absolute Gasteiger partial charge is 0.399 e. The molecule has 0 atom stereocenters. The number of halogens is 1. The van der Waals surface area contributed by atoms with E-state index in [9.17, 15) is 0 Å². The fraction of sp³-hybridized carbons (Fsp3) is 0.308. The lowest BCUT2D eigenvalue weighted by molar-refractivity contribution is 0.395. The van der Waals surface area contributed by atoms with Crippen molar-refractivity contribution in [3.05, 3.63) is 29.0 Å². The van der Waals surface area contributed by atoms with Gasteiger partial charge >= 0.3 is 0 Å². The maximum Gasteiger partial charge on any atom is 0.234 e. The Morgan fingerprint density at radius 3 is 2.90 bits per heavy atom. The highest BCUT2D eigenvalue weighted by atomic mass is 35.5. The zero-order valence-electron chi connectivity index (χ0n) is 10.6. The Labute approximate surface area is 124 Å². The van der Waals surface area contributed by atoms with E-state index < -0.39 is 0 Å². The molecule has 4 rings (SSSR count). The molecule has 0 saturated heterocycles. The van der Waals surface area contributed by atoms with Gasteiger partial charge < -0.3 is 5.73 Å². The molecule has 1 aliphatic rings. The molecule has 0 unspecified atom stereocenters. The van der Waals surface area contributed by atoms with Crippen LogP contribution in [0.4, 0.5) is 5.69 Å². The number of nitrogen functional groups attached to an aromatic ring is 1. The van der Waals surface area contributed by atoms with Crippen molar-refractivity contribution in [2.45, 2.75) is 25.2 Å². The molecule has 7 heteroatoms. The first-order valence-electron chi connectivity index (χ1n) is 6.50. The molecule has 1 fully saturated rings. The van der Waals surface area contributed by atoms with Crippen LogP contribution in [0.3, 0.4) is 0 Å². The van der Waals surface area contributed by atoms with Gasteiger partial charge in [0.2, 0.25) is 4.96 Å². The number of nitrogens with zero attached hydrogens (tertiary/aromatic N) is 4. The van der Waals surface area contributed by atoms with Crippen LogP contribution in [0.25, 0.3) is 15.5 Å². The van der Waals surface area contributed by atoms with Crippen LogP contribution in [0.5, 0.6) is 0 Å². The lowest BCUT2D eigenvalue weighted by Crippen LogP contribution is -2.13. The second kappa shape index (κ2) is 4.43. The van der Waals surface area contributed by atoms with Crippen molar-refractivity contribution >= 4 is 33.6 Å². The number of anilines is 1. The van der Waals surface area contributed by atoms with E-state index in [1.165, 1.54) is 30.6 Å². The fourth-order valence-corrected chi connectivity index (χ4v) is 3.51. The molecule has 0 spiro atoms. The number of fused-ring (bicyclic) bond motifs is 1. The van der Waals surface area contributed by atoms with Crippen LogP contribution in [0.1, 0.15) is 31.0 Å². The molecular formula is C13H12ClN5S. The first kappa shape index (κ1) is 12.1. The fourth-order valence-electron chi connectivity index (χ4n) is 2.37. The Hall–Kier alpha value is -1.66. The van der Waals surface area contributed by atoms with E-state index in [-0.39, 0.29) is 0 Å². The van der Waals surface area contributed by atoms with Crippen LogP contribution in [0.15, 0.2) is 18.2 Å². The molecule has 0 amide bonds. The van der Waals surface area contributed by atoms with Crippen molar-refractivity contribution < 1.29 is 0 Å². The molecular weight excluding hydrogens is 294 g/mol. The molecule has 1 saturated carbocycles. The molecule has 2 aromatic heterocycles. The molecule has 2 N–H and O–H groups in total. The summed E-state index contributed by atoms with van der Waals surface area (Å²) < 4.78 is 1.85. The maximum absolute atomic E-state index is 6.23. The predicted molar refractivity (Wildman–Crippen MR) is 80.1 cm³/mol. The Morgan fingerprint density at radius 1 is 1.30 bits per heavy atom. The average molecular weight is 306 g/mol. The van der Waals surface area contributed by atoms with E-state index in [2.05, 4.69) is 15.3 Å². The zero-order chi connectivity index (χ0) is 13.7. The molecule has 3 aromatic rings. The van der Waals surface area contributed by atoms with Crippen molar-refractivity contribution in [2.24, 2.45) is 0 Å². The van der Waals surface area contributed by atoms with Crippen molar-refractivity contribution in [1.29, 1.82) is 0 Å². The van der Waals surface area contributed by atoms with Gasteiger partial charge in [-0.3, -0.25) is 0 Å². The van der Waals surface area contributed by atoms with Gasteiger partial charge in [-0.1, -0.05) is 29.4 Å². The van der Waals surface area contributed by atoms with Crippen LogP contribution in [-0.2, 0) is 0 Å². The lowest BCUT2D eigenvalue weighted by Gasteiger charge is -2.22. The Kier molecular flexibility index (Phi) is 2.68. The summed E-state index contributed by atoms with van der Waals surface area (Å²) in [5.74, 6) is 1.46. The van der Waals surface area contributed by atoms with E-state index in [0.29, 0.717) is 16.6 Å². The Bertz CT molecular complexity index is 789. The molecule has 0 bridgehead atoms. The third kappa shape index (κ3) is 1.79. The van der Waals surface area contributed by atoms with Crippen molar-refractivity contribution in [2.75, 3.05) is 5.73 Å². The summed E-state index contributed by atoms with van der Waals surface area (Å²) in [5.41, 5.74) is 7.35. The number of hydrogen-bond acceptors (Lipinski definition) is 5. The third-order valence-electron chi connectivity index (χ3n) is 3.71. The van der Waals surface area contributed by atoms with E-state index in [1.807, 2.05) is 10.6 Å². The van der Waals surface area contributed by atoms with Gasteiger partial charge in [-0.05, 0) is 31.0 Å². The highest BCUT2D eigenvalue weighted by molar-refractivity contribution is 7.19. The van der Waals surface area contributed by atoms with Gasteiger partial charge in [0.05, 0.1) is 5.02 Å². The van der Waals surface area contributed by atoms with E-state index in [4.69, 9.17) is 17.3 Å². The van der Waals surface area contributed by atoms with Crippen molar-refractivity contribution in [3.63, 3.8) is 0 Å². The second-order valence-electron chi connectivity index (χ2n) is 5.03. The van der Waals surface area contributed by atoms with Crippen LogP contribution < -0.4 is 5.73 Å². The van der Waals surface area contributed by atoms with Gasteiger partial charge in [0.1, 0.15) is 5.01 Å². The topological polar surface area (TPSA) is 69.1 Å². The number of benzene rings is 1. The lowest BCUT2D eigenvalue weighted by atomic mass is 9.85. The summed E-state index contributed by atoms with van der Waals surface area (Å²) in [7, 11) is 0. The number of aromatic nitrogens is 4. The van der Waals surface area contributed by atoms with Crippen LogP contribution in [0, 0.1) is 0 Å². The molecule has 2 heterocycles. The summed E-state index contributed by atoms with van der Waals surface area (Å²) in [5, 5.41) is 14.6. The van der Waals surface area contributed by atoms with Crippen LogP contribution >= 0.6 is 22.9 Å². The average Bonchev–Trinajstić information content (AvgIpc) is 2.92. The summed E-state index contributed by atoms with van der Waals surface area (Å²) in [6.07, 6.45) is 3.61. The Balaban J connectivity index is 1.84. The van der Waals surface area contributed by atoms with E-state index >= 15 is 0 Å². The number of rotatable bonds is 2. The normalized spacial score (nSPS) is 15.7. The first-order valence-corrected chi connectivity index (χ1v) is 7.69. The summed E-state index contributed by atoms with van der Waals surface area (Å²) in [4.78, 5) is 0.806. The number of hydrogen-bond donors (Lipinski definition) is 1. The minimum Gasteiger partial charge on any atom is -0.399 e. The van der Waals surface area contributed by atoms with Gasteiger partial charge in [0.25, 0.3) is 0 Å². The number of nitrogens with two attached hydrogens (primary N) is 1. The molecule has 102 valence electrons. The SMILES string of the molecule is Nc1ccc(Cl)c(-c2nn3c(C4CCC4)nnc3s2)c1. The third-order valence-corrected chi connectivity index (χ3v) is 4.97. The molecule has 5 nitrogen and oxygen atoms in total. The van der Waals surface area contributed by atoms with Crippen LogP contribution in [0.2, 0.25) is 5.02 Å². The Morgan fingerprint density at radius 2 is 2.15 bits per heavy atom. The summed E-state index contributed by atoms with van der Waals surface area (Å²) >= 11 is 7.72. The molecule has 0 radical (unpaired) electrons. The quantitative estimate of drug-likeness (QED) is 0.737. The molecule has 20 heavy (non-hydrogen) atoms. The van der Waals surface area contributed by atoms with Crippen LogP contribution in [-0.4, -0.2) is 19.8 Å². The highest BCUT2D eigenvalue weighted by Crippen LogP contribution is 2.37. The van der Waals surface area contributed by atoms with Gasteiger partial charge in [-0.2, -0.15) is 9.61 Å². The predicted octanol–water partition coefficient (Wildman–Crippen LogP) is 3.36. The maximum atomic E-state index is 6.23. The molecule has 0 aliphatic heterocycles. The second-order valence-corrected chi connectivity index (χ2v) is 6.39. The summed E-state index contributed by atoms with van der Waals surface area (Å²) in [6, 6.07) is 5.42.